The number of thiazole rings is 1. The molecule has 29 heavy (non-hydrogen) atoms. The van der Waals surface area contributed by atoms with E-state index in [-0.39, 0.29) is 29.9 Å². The number of nitrogens with zero attached hydrogens (tertiary/aromatic N) is 1. The molecule has 3 amide bonds. The third-order valence-electron chi connectivity index (χ3n) is 3.71. The molecule has 9 heteroatoms. The van der Waals surface area contributed by atoms with E-state index in [1.54, 1.807) is 24.3 Å². The van der Waals surface area contributed by atoms with Gasteiger partial charge in [-0.2, -0.15) is 0 Å². The van der Waals surface area contributed by atoms with Crippen molar-refractivity contribution in [2.24, 2.45) is 5.92 Å². The van der Waals surface area contributed by atoms with Gasteiger partial charge in [0, 0.05) is 30.2 Å². The predicted octanol–water partition coefficient (Wildman–Crippen LogP) is 3.54. The molecule has 0 saturated carbocycles. The van der Waals surface area contributed by atoms with Crippen molar-refractivity contribution < 1.29 is 14.4 Å². The van der Waals surface area contributed by atoms with Crippen molar-refractivity contribution in [3.63, 3.8) is 0 Å². The van der Waals surface area contributed by atoms with Gasteiger partial charge < -0.3 is 16.0 Å². The number of carbonyl (C=O) groups excluding carboxylic acids is 3. The predicted molar refractivity (Wildman–Crippen MR) is 118 cm³/mol. The molecule has 0 radical (unpaired) electrons. The number of thioether (sulfide) groups is 1. The standard InChI is InChI=1S/C20H26N4O3S2/c1-13(2)7-8-21-18(26)10-17-11-28-20(24-17)29-12-19(27)23-16-6-4-5-15(9-16)22-14(3)25/h4-6,9,11,13H,7-8,10,12H2,1-3H3,(H,21,26)(H,22,25)(H,23,27). The molecule has 2 rings (SSSR count). The summed E-state index contributed by atoms with van der Waals surface area (Å²) in [5, 5.41) is 10.2. The number of hydrogen-bond donors (Lipinski definition) is 3. The maximum Gasteiger partial charge on any atom is 0.234 e. The third-order valence-corrected chi connectivity index (χ3v) is 5.78. The van der Waals surface area contributed by atoms with Crippen LogP contribution in [0.3, 0.4) is 0 Å². The highest BCUT2D eigenvalue weighted by Gasteiger charge is 2.10. The second-order valence-corrected chi connectivity index (χ2v) is 8.99. The average molecular weight is 435 g/mol. The van der Waals surface area contributed by atoms with Crippen molar-refractivity contribution in [3.05, 3.63) is 35.3 Å². The fourth-order valence-corrected chi connectivity index (χ4v) is 4.01. The molecule has 3 N–H and O–H groups in total. The van der Waals surface area contributed by atoms with Gasteiger partial charge in [-0.1, -0.05) is 31.7 Å². The maximum atomic E-state index is 12.2. The molecule has 1 aromatic carbocycles. The Kier molecular flexibility index (Phi) is 9.14. The summed E-state index contributed by atoms with van der Waals surface area (Å²) >= 11 is 2.75. The lowest BCUT2D eigenvalue weighted by Gasteiger charge is -2.07. The first-order valence-electron chi connectivity index (χ1n) is 9.33. The van der Waals surface area contributed by atoms with E-state index in [4.69, 9.17) is 0 Å². The minimum atomic E-state index is -0.169. The van der Waals surface area contributed by atoms with Crippen LogP contribution in [0.1, 0.15) is 32.9 Å². The Labute approximate surface area is 179 Å². The van der Waals surface area contributed by atoms with Crippen LogP contribution in [-0.4, -0.2) is 35.0 Å². The van der Waals surface area contributed by atoms with Crippen LogP contribution in [0.15, 0.2) is 34.0 Å². The van der Waals surface area contributed by atoms with E-state index in [1.165, 1.54) is 30.0 Å². The first-order valence-corrected chi connectivity index (χ1v) is 11.2. The van der Waals surface area contributed by atoms with Crippen LogP contribution in [-0.2, 0) is 20.8 Å². The highest BCUT2D eigenvalue weighted by atomic mass is 32.2. The van der Waals surface area contributed by atoms with Crippen LogP contribution in [0, 0.1) is 5.92 Å². The van der Waals surface area contributed by atoms with Gasteiger partial charge in [-0.3, -0.25) is 14.4 Å². The molecule has 0 unspecified atom stereocenters. The van der Waals surface area contributed by atoms with E-state index in [2.05, 4.69) is 34.8 Å². The number of rotatable bonds is 10. The Hall–Kier alpha value is -2.39. The van der Waals surface area contributed by atoms with Crippen molar-refractivity contribution in [2.75, 3.05) is 22.9 Å². The van der Waals surface area contributed by atoms with Gasteiger partial charge in [0.05, 0.1) is 17.9 Å². The molecule has 1 aromatic heterocycles. The molecule has 0 spiro atoms. The van der Waals surface area contributed by atoms with Gasteiger partial charge in [0.25, 0.3) is 0 Å². The number of benzene rings is 1. The molecule has 7 nitrogen and oxygen atoms in total. The number of aromatic nitrogens is 1. The molecule has 0 saturated heterocycles. The average Bonchev–Trinajstić information content (AvgIpc) is 3.06. The smallest absolute Gasteiger partial charge is 0.234 e. The van der Waals surface area contributed by atoms with Crippen molar-refractivity contribution in [1.29, 1.82) is 0 Å². The summed E-state index contributed by atoms with van der Waals surface area (Å²) in [4.78, 5) is 39.6. The fourth-order valence-electron chi connectivity index (χ4n) is 2.37. The van der Waals surface area contributed by atoms with E-state index < -0.39 is 0 Å². The van der Waals surface area contributed by atoms with Gasteiger partial charge in [-0.05, 0) is 30.5 Å². The van der Waals surface area contributed by atoms with Crippen molar-refractivity contribution in [3.8, 4) is 0 Å². The molecule has 0 atom stereocenters. The lowest BCUT2D eigenvalue weighted by Crippen LogP contribution is -2.26. The van der Waals surface area contributed by atoms with Crippen LogP contribution < -0.4 is 16.0 Å². The van der Waals surface area contributed by atoms with E-state index in [9.17, 15) is 14.4 Å². The summed E-state index contributed by atoms with van der Waals surface area (Å²) < 4.78 is 0.747. The summed E-state index contributed by atoms with van der Waals surface area (Å²) in [5.41, 5.74) is 1.95. The van der Waals surface area contributed by atoms with Crippen molar-refractivity contribution in [1.82, 2.24) is 10.3 Å². The molecule has 1 heterocycles. The molecule has 0 aliphatic heterocycles. The Bertz CT molecular complexity index is 852. The lowest BCUT2D eigenvalue weighted by molar-refractivity contribution is -0.120. The van der Waals surface area contributed by atoms with Crippen molar-refractivity contribution in [2.45, 2.75) is 38.0 Å². The number of amides is 3. The molecule has 0 aliphatic carbocycles. The second kappa shape index (κ2) is 11.6. The highest BCUT2D eigenvalue weighted by molar-refractivity contribution is 8.01. The van der Waals surface area contributed by atoms with Crippen LogP contribution in [0.5, 0.6) is 0 Å². The van der Waals surface area contributed by atoms with Crippen molar-refractivity contribution >= 4 is 52.2 Å². The van der Waals surface area contributed by atoms with E-state index in [0.717, 1.165) is 10.8 Å². The van der Waals surface area contributed by atoms with Gasteiger partial charge in [-0.15, -0.1) is 11.3 Å². The number of carbonyl (C=O) groups is 3. The van der Waals surface area contributed by atoms with Crippen LogP contribution in [0.4, 0.5) is 11.4 Å². The Morgan fingerprint density at radius 2 is 1.86 bits per heavy atom. The minimum Gasteiger partial charge on any atom is -0.356 e. The second-order valence-electron chi connectivity index (χ2n) is 6.91. The van der Waals surface area contributed by atoms with Gasteiger partial charge in [-0.25, -0.2) is 4.98 Å². The number of anilines is 2. The monoisotopic (exact) mass is 434 g/mol. The zero-order chi connectivity index (χ0) is 21.2. The summed E-state index contributed by atoms with van der Waals surface area (Å²) in [6.07, 6.45) is 1.20. The van der Waals surface area contributed by atoms with E-state index >= 15 is 0 Å². The number of hydrogen-bond acceptors (Lipinski definition) is 6. The first kappa shape index (κ1) is 22.9. The summed E-state index contributed by atoms with van der Waals surface area (Å²) in [7, 11) is 0. The van der Waals surface area contributed by atoms with Gasteiger partial charge >= 0.3 is 0 Å². The van der Waals surface area contributed by atoms with Gasteiger partial charge in [0.1, 0.15) is 0 Å². The lowest BCUT2D eigenvalue weighted by atomic mass is 10.1. The van der Waals surface area contributed by atoms with Gasteiger partial charge in [0.15, 0.2) is 4.34 Å². The van der Waals surface area contributed by atoms with Crippen LogP contribution in [0.2, 0.25) is 0 Å². The van der Waals surface area contributed by atoms with Crippen LogP contribution in [0.25, 0.3) is 0 Å². The normalized spacial score (nSPS) is 10.6. The topological polar surface area (TPSA) is 100 Å². The third kappa shape index (κ3) is 9.10. The number of nitrogens with one attached hydrogen (secondary N) is 3. The molecule has 0 fully saturated rings. The zero-order valence-corrected chi connectivity index (χ0v) is 18.4. The SMILES string of the molecule is CC(=O)Nc1cccc(NC(=O)CSc2nc(CC(=O)NCCC(C)C)cs2)c1. The summed E-state index contributed by atoms with van der Waals surface area (Å²) in [5.74, 6) is 0.383. The highest BCUT2D eigenvalue weighted by Crippen LogP contribution is 2.23. The Balaban J connectivity index is 1.76. The quantitative estimate of drug-likeness (QED) is 0.497. The first-order chi connectivity index (χ1) is 13.8. The zero-order valence-electron chi connectivity index (χ0n) is 16.8. The molecule has 156 valence electrons. The largest absolute Gasteiger partial charge is 0.356 e. The fraction of sp³-hybridized carbons (Fsp3) is 0.400. The minimum absolute atomic E-state index is 0.0377. The molecule has 2 aromatic rings. The maximum absolute atomic E-state index is 12.2. The summed E-state index contributed by atoms with van der Waals surface area (Å²) in [6.45, 7) is 6.34. The van der Waals surface area contributed by atoms with E-state index in [0.29, 0.717) is 29.5 Å². The van der Waals surface area contributed by atoms with Crippen LogP contribution >= 0.6 is 23.1 Å². The van der Waals surface area contributed by atoms with Gasteiger partial charge in [0.2, 0.25) is 17.7 Å². The Morgan fingerprint density at radius 3 is 2.55 bits per heavy atom. The van der Waals surface area contributed by atoms with E-state index in [1.807, 2.05) is 5.38 Å². The molecular weight excluding hydrogens is 408 g/mol. The Morgan fingerprint density at radius 1 is 1.14 bits per heavy atom. The summed E-state index contributed by atoms with van der Waals surface area (Å²) in [6, 6.07) is 6.96. The molecule has 0 bridgehead atoms. The molecular formula is C20H26N4O3S2. The molecule has 0 aliphatic rings.